The van der Waals surface area contributed by atoms with Gasteiger partial charge in [0.2, 0.25) is 15.9 Å². The second kappa shape index (κ2) is 9.87. The summed E-state index contributed by atoms with van der Waals surface area (Å²) in [6.07, 6.45) is 1.51. The van der Waals surface area contributed by atoms with E-state index in [1.807, 2.05) is 0 Å². The van der Waals surface area contributed by atoms with Crippen LogP contribution in [0.25, 0.3) is 0 Å². The average molecular weight is 418 g/mol. The van der Waals surface area contributed by atoms with E-state index in [-0.39, 0.29) is 10.8 Å². The van der Waals surface area contributed by atoms with Gasteiger partial charge in [0.05, 0.1) is 18.1 Å². The standard InChI is InChI=1S/C21H27N3O4S/c1-17(25)23-19-6-10-21(11-7-19)29(26,27)22-12-2-3-18-4-8-20(9-5-18)24-13-15-28-16-14-24/h4-11,22H,2-3,12-16H2,1H3,(H,23,25). The molecule has 1 fully saturated rings. The third kappa shape index (κ3) is 6.28. The maximum absolute atomic E-state index is 12.4. The van der Waals surface area contributed by atoms with Gasteiger partial charge in [-0.05, 0) is 54.8 Å². The van der Waals surface area contributed by atoms with Crippen molar-refractivity contribution in [2.75, 3.05) is 43.1 Å². The number of sulfonamides is 1. The highest BCUT2D eigenvalue weighted by Gasteiger charge is 2.13. The van der Waals surface area contributed by atoms with Gasteiger partial charge in [-0.3, -0.25) is 4.79 Å². The topological polar surface area (TPSA) is 87.7 Å². The molecule has 0 radical (unpaired) electrons. The second-order valence-corrected chi connectivity index (χ2v) is 8.74. The molecule has 0 bridgehead atoms. The van der Waals surface area contributed by atoms with Crippen molar-refractivity contribution >= 4 is 27.3 Å². The lowest BCUT2D eigenvalue weighted by Crippen LogP contribution is -2.36. The molecule has 0 unspecified atom stereocenters. The Labute approximate surface area is 172 Å². The maximum atomic E-state index is 12.4. The van der Waals surface area contributed by atoms with Gasteiger partial charge < -0.3 is 15.0 Å². The van der Waals surface area contributed by atoms with E-state index >= 15 is 0 Å². The summed E-state index contributed by atoms with van der Waals surface area (Å²) in [5, 5.41) is 2.62. The summed E-state index contributed by atoms with van der Waals surface area (Å²) in [5.74, 6) is -0.197. The molecule has 1 amide bonds. The van der Waals surface area contributed by atoms with Crippen molar-refractivity contribution in [3.8, 4) is 0 Å². The van der Waals surface area contributed by atoms with E-state index in [1.54, 1.807) is 12.1 Å². The van der Waals surface area contributed by atoms with Gasteiger partial charge in [-0.15, -0.1) is 0 Å². The number of morpholine rings is 1. The lowest BCUT2D eigenvalue weighted by molar-refractivity contribution is -0.114. The Kier molecular flexibility index (Phi) is 7.24. The highest BCUT2D eigenvalue weighted by atomic mass is 32.2. The Hall–Kier alpha value is -2.42. The van der Waals surface area contributed by atoms with Gasteiger partial charge in [0.1, 0.15) is 0 Å². The van der Waals surface area contributed by atoms with Crippen LogP contribution < -0.4 is 14.9 Å². The normalized spacial score (nSPS) is 14.6. The van der Waals surface area contributed by atoms with E-state index in [0.717, 1.165) is 32.7 Å². The van der Waals surface area contributed by atoms with Gasteiger partial charge in [-0.25, -0.2) is 13.1 Å². The summed E-state index contributed by atoms with van der Waals surface area (Å²) in [6, 6.07) is 14.5. The molecule has 29 heavy (non-hydrogen) atoms. The van der Waals surface area contributed by atoms with Gasteiger partial charge >= 0.3 is 0 Å². The lowest BCUT2D eigenvalue weighted by Gasteiger charge is -2.28. The SMILES string of the molecule is CC(=O)Nc1ccc(S(=O)(=O)NCCCc2ccc(N3CCOCC3)cc2)cc1. The number of rotatable bonds is 8. The number of nitrogens with one attached hydrogen (secondary N) is 2. The fourth-order valence-electron chi connectivity index (χ4n) is 3.20. The van der Waals surface area contributed by atoms with Crippen molar-refractivity contribution in [1.29, 1.82) is 0 Å². The Balaban J connectivity index is 1.46. The molecule has 2 aromatic carbocycles. The van der Waals surface area contributed by atoms with Crippen molar-refractivity contribution in [1.82, 2.24) is 4.72 Å². The van der Waals surface area contributed by atoms with Crippen LogP contribution >= 0.6 is 0 Å². The van der Waals surface area contributed by atoms with E-state index in [9.17, 15) is 13.2 Å². The van der Waals surface area contributed by atoms with Crippen molar-refractivity contribution in [2.45, 2.75) is 24.7 Å². The van der Waals surface area contributed by atoms with Gasteiger partial charge in [0.15, 0.2) is 0 Å². The molecule has 0 aliphatic carbocycles. The monoisotopic (exact) mass is 417 g/mol. The molecule has 0 spiro atoms. The molecule has 1 saturated heterocycles. The molecule has 0 saturated carbocycles. The molecule has 3 rings (SSSR count). The summed E-state index contributed by atoms with van der Waals surface area (Å²) in [5.41, 5.74) is 2.94. The summed E-state index contributed by atoms with van der Waals surface area (Å²) >= 11 is 0. The second-order valence-electron chi connectivity index (χ2n) is 6.97. The molecule has 7 nitrogen and oxygen atoms in total. The first kappa shape index (κ1) is 21.3. The molecule has 0 aromatic heterocycles. The Morgan fingerprint density at radius 1 is 1.03 bits per heavy atom. The Bertz CT molecular complexity index is 906. The number of amides is 1. The predicted octanol–water partition coefficient (Wildman–Crippen LogP) is 2.39. The van der Waals surface area contributed by atoms with E-state index < -0.39 is 10.0 Å². The predicted molar refractivity (Wildman–Crippen MR) is 114 cm³/mol. The summed E-state index contributed by atoms with van der Waals surface area (Å²) < 4.78 is 32.8. The number of hydrogen-bond donors (Lipinski definition) is 2. The van der Waals surface area contributed by atoms with Crippen LogP contribution in [-0.2, 0) is 26.0 Å². The molecule has 156 valence electrons. The van der Waals surface area contributed by atoms with Gasteiger partial charge in [0, 0.05) is 37.9 Å². The number of hydrogen-bond acceptors (Lipinski definition) is 5. The summed E-state index contributed by atoms with van der Waals surface area (Å²) in [6.45, 7) is 5.11. The van der Waals surface area contributed by atoms with Crippen LogP contribution in [0.3, 0.4) is 0 Å². The lowest BCUT2D eigenvalue weighted by atomic mass is 10.1. The number of aryl methyl sites for hydroxylation is 1. The maximum Gasteiger partial charge on any atom is 0.240 e. The fraction of sp³-hybridized carbons (Fsp3) is 0.381. The van der Waals surface area contributed by atoms with Gasteiger partial charge in [-0.2, -0.15) is 0 Å². The van der Waals surface area contributed by atoms with Crippen molar-refractivity contribution in [3.63, 3.8) is 0 Å². The van der Waals surface area contributed by atoms with Crippen LogP contribution in [0.15, 0.2) is 53.4 Å². The van der Waals surface area contributed by atoms with Crippen LogP contribution in [0, 0.1) is 0 Å². The van der Waals surface area contributed by atoms with E-state index in [4.69, 9.17) is 4.74 Å². The van der Waals surface area contributed by atoms with E-state index in [0.29, 0.717) is 18.7 Å². The highest BCUT2D eigenvalue weighted by Crippen LogP contribution is 2.18. The largest absolute Gasteiger partial charge is 0.378 e. The average Bonchev–Trinajstić information content (AvgIpc) is 2.72. The van der Waals surface area contributed by atoms with Crippen LogP contribution in [-0.4, -0.2) is 47.2 Å². The molecule has 1 aliphatic rings. The summed E-state index contributed by atoms with van der Waals surface area (Å²) in [4.78, 5) is 13.5. The van der Waals surface area contributed by atoms with Gasteiger partial charge in [-0.1, -0.05) is 12.1 Å². The quantitative estimate of drug-likeness (QED) is 0.644. The Morgan fingerprint density at radius 3 is 2.31 bits per heavy atom. The first-order valence-corrected chi connectivity index (χ1v) is 11.2. The zero-order chi connectivity index (χ0) is 20.7. The molecular weight excluding hydrogens is 390 g/mol. The summed E-state index contributed by atoms with van der Waals surface area (Å²) in [7, 11) is -3.56. The van der Waals surface area contributed by atoms with E-state index in [1.165, 1.54) is 30.3 Å². The smallest absolute Gasteiger partial charge is 0.240 e. The number of benzene rings is 2. The molecule has 2 aromatic rings. The van der Waals surface area contributed by atoms with Crippen molar-refractivity contribution in [2.24, 2.45) is 0 Å². The number of ether oxygens (including phenoxy) is 1. The number of carbonyl (C=O) groups excluding carboxylic acids is 1. The molecule has 1 aliphatic heterocycles. The van der Waals surface area contributed by atoms with Crippen LogP contribution in [0.4, 0.5) is 11.4 Å². The number of nitrogens with zero attached hydrogens (tertiary/aromatic N) is 1. The van der Waals surface area contributed by atoms with Crippen molar-refractivity contribution in [3.05, 3.63) is 54.1 Å². The minimum Gasteiger partial charge on any atom is -0.378 e. The molecular formula is C21H27N3O4S. The minimum atomic E-state index is -3.56. The zero-order valence-electron chi connectivity index (χ0n) is 16.6. The highest BCUT2D eigenvalue weighted by molar-refractivity contribution is 7.89. The first-order valence-electron chi connectivity index (χ1n) is 9.73. The number of anilines is 2. The zero-order valence-corrected chi connectivity index (χ0v) is 17.4. The van der Waals surface area contributed by atoms with Crippen LogP contribution in [0.1, 0.15) is 18.9 Å². The number of carbonyl (C=O) groups is 1. The Morgan fingerprint density at radius 2 is 1.69 bits per heavy atom. The fourth-order valence-corrected chi connectivity index (χ4v) is 4.27. The van der Waals surface area contributed by atoms with Crippen molar-refractivity contribution < 1.29 is 17.9 Å². The molecule has 2 N–H and O–H groups in total. The van der Waals surface area contributed by atoms with E-state index in [2.05, 4.69) is 39.2 Å². The molecule has 8 heteroatoms. The molecule has 1 heterocycles. The third-order valence-electron chi connectivity index (χ3n) is 4.73. The molecule has 0 atom stereocenters. The third-order valence-corrected chi connectivity index (χ3v) is 6.21. The van der Waals surface area contributed by atoms with Crippen LogP contribution in [0.2, 0.25) is 0 Å². The first-order chi connectivity index (χ1) is 13.9. The minimum absolute atomic E-state index is 0.182. The van der Waals surface area contributed by atoms with Crippen LogP contribution in [0.5, 0.6) is 0 Å². The van der Waals surface area contributed by atoms with Gasteiger partial charge in [0.25, 0.3) is 0 Å².